The van der Waals surface area contributed by atoms with E-state index < -0.39 is 0 Å². The van der Waals surface area contributed by atoms with E-state index in [0.29, 0.717) is 6.04 Å². The third-order valence-corrected chi connectivity index (χ3v) is 6.07. The molecule has 1 fully saturated rings. The van der Waals surface area contributed by atoms with Gasteiger partial charge in [-0.2, -0.15) is 0 Å². The molecule has 0 aliphatic carbocycles. The first-order valence-corrected chi connectivity index (χ1v) is 9.19. The molecule has 2 aliphatic rings. The molecule has 3 nitrogen and oxygen atoms in total. The van der Waals surface area contributed by atoms with Gasteiger partial charge in [0.15, 0.2) is 0 Å². The van der Waals surface area contributed by atoms with Crippen LogP contribution < -0.4 is 0 Å². The van der Waals surface area contributed by atoms with Crippen molar-refractivity contribution < 1.29 is 4.79 Å². The first-order chi connectivity index (χ1) is 11.2. The molecule has 3 heterocycles. The third-order valence-electron chi connectivity index (χ3n) is 5.08. The first kappa shape index (κ1) is 14.9. The van der Waals surface area contributed by atoms with Gasteiger partial charge in [0.25, 0.3) is 5.91 Å². The zero-order chi connectivity index (χ0) is 15.8. The van der Waals surface area contributed by atoms with Gasteiger partial charge in [0, 0.05) is 37.1 Å². The van der Waals surface area contributed by atoms with E-state index >= 15 is 0 Å². The number of amides is 1. The minimum absolute atomic E-state index is 0.211. The maximum atomic E-state index is 12.6. The van der Waals surface area contributed by atoms with E-state index in [1.54, 1.807) is 11.3 Å². The molecular weight excluding hydrogens is 304 g/mol. The van der Waals surface area contributed by atoms with Crippen LogP contribution in [0.2, 0.25) is 0 Å². The van der Waals surface area contributed by atoms with Crippen LogP contribution in [-0.4, -0.2) is 41.4 Å². The molecular formula is C19H22N2OS. The highest BCUT2D eigenvalue weighted by molar-refractivity contribution is 7.13. The molecule has 1 aromatic heterocycles. The van der Waals surface area contributed by atoms with Gasteiger partial charge in [-0.05, 0) is 43.0 Å². The van der Waals surface area contributed by atoms with Crippen LogP contribution in [0.4, 0.5) is 0 Å². The fourth-order valence-electron chi connectivity index (χ4n) is 3.76. The van der Waals surface area contributed by atoms with Gasteiger partial charge in [-0.15, -0.1) is 11.3 Å². The van der Waals surface area contributed by atoms with Crippen LogP contribution in [0.15, 0.2) is 36.4 Å². The van der Waals surface area contributed by atoms with Crippen molar-refractivity contribution >= 4 is 17.2 Å². The summed E-state index contributed by atoms with van der Waals surface area (Å²) in [5, 5.41) is 0. The molecule has 0 unspecified atom stereocenters. The predicted molar refractivity (Wildman–Crippen MR) is 93.9 cm³/mol. The van der Waals surface area contributed by atoms with Crippen molar-refractivity contribution in [2.75, 3.05) is 19.6 Å². The SMILES string of the molecule is Cc1ccc(C(=O)N2CC[C@H](N3CCc4ccccc4C3)C2)s1. The van der Waals surface area contributed by atoms with Gasteiger partial charge in [-0.1, -0.05) is 24.3 Å². The van der Waals surface area contributed by atoms with Crippen molar-refractivity contribution in [3.8, 4) is 0 Å². The fraction of sp³-hybridized carbons (Fsp3) is 0.421. The molecule has 0 bridgehead atoms. The number of fused-ring (bicyclic) bond motifs is 1. The highest BCUT2D eigenvalue weighted by Crippen LogP contribution is 2.26. The Kier molecular flexibility index (Phi) is 3.95. The van der Waals surface area contributed by atoms with Crippen LogP contribution in [-0.2, 0) is 13.0 Å². The third kappa shape index (κ3) is 2.93. The number of benzene rings is 1. The van der Waals surface area contributed by atoms with E-state index in [9.17, 15) is 4.79 Å². The van der Waals surface area contributed by atoms with Crippen molar-refractivity contribution in [2.45, 2.75) is 32.4 Å². The lowest BCUT2D eigenvalue weighted by atomic mass is 9.98. The van der Waals surface area contributed by atoms with Crippen molar-refractivity contribution in [2.24, 2.45) is 0 Å². The molecule has 1 atom stereocenters. The number of carbonyl (C=O) groups is 1. The minimum Gasteiger partial charge on any atom is -0.336 e. The Balaban J connectivity index is 1.42. The summed E-state index contributed by atoms with van der Waals surface area (Å²) in [7, 11) is 0. The Morgan fingerprint density at radius 2 is 1.96 bits per heavy atom. The number of thiophene rings is 1. The molecule has 23 heavy (non-hydrogen) atoms. The van der Waals surface area contributed by atoms with E-state index in [1.807, 2.05) is 17.0 Å². The van der Waals surface area contributed by atoms with E-state index in [4.69, 9.17) is 0 Å². The Morgan fingerprint density at radius 3 is 2.74 bits per heavy atom. The van der Waals surface area contributed by atoms with Crippen LogP contribution in [0.5, 0.6) is 0 Å². The summed E-state index contributed by atoms with van der Waals surface area (Å²) in [6, 6.07) is 13.3. The second kappa shape index (κ2) is 6.10. The van der Waals surface area contributed by atoms with Gasteiger partial charge < -0.3 is 4.90 Å². The summed E-state index contributed by atoms with van der Waals surface area (Å²) in [5.74, 6) is 0.211. The van der Waals surface area contributed by atoms with Crippen molar-refractivity contribution in [3.05, 3.63) is 57.3 Å². The standard InChI is InChI=1S/C19H22N2OS/c1-14-6-7-18(23-14)19(22)21-11-9-17(13-21)20-10-8-15-4-2-3-5-16(15)12-20/h2-7,17H,8-13H2,1H3/t17-/m0/s1. The molecule has 0 spiro atoms. The maximum Gasteiger partial charge on any atom is 0.263 e. The van der Waals surface area contributed by atoms with Crippen LogP contribution >= 0.6 is 11.3 Å². The number of aryl methyl sites for hydroxylation is 1. The Hall–Kier alpha value is -1.65. The number of hydrogen-bond donors (Lipinski definition) is 0. The second-order valence-electron chi connectivity index (χ2n) is 6.59. The summed E-state index contributed by atoms with van der Waals surface area (Å²) in [4.78, 5) is 19.3. The number of rotatable bonds is 2. The number of likely N-dealkylation sites (tertiary alicyclic amines) is 1. The van der Waals surface area contributed by atoms with Gasteiger partial charge >= 0.3 is 0 Å². The number of nitrogens with zero attached hydrogens (tertiary/aromatic N) is 2. The molecule has 0 radical (unpaired) electrons. The first-order valence-electron chi connectivity index (χ1n) is 8.37. The lowest BCUT2D eigenvalue weighted by Gasteiger charge is -2.33. The smallest absolute Gasteiger partial charge is 0.263 e. The largest absolute Gasteiger partial charge is 0.336 e. The molecule has 0 N–H and O–H groups in total. The van der Waals surface area contributed by atoms with Crippen LogP contribution in [0.3, 0.4) is 0 Å². The van der Waals surface area contributed by atoms with Crippen molar-refractivity contribution in [3.63, 3.8) is 0 Å². The number of carbonyl (C=O) groups excluding carboxylic acids is 1. The van der Waals surface area contributed by atoms with E-state index in [-0.39, 0.29) is 5.91 Å². The molecule has 4 heteroatoms. The molecule has 1 saturated heterocycles. The molecule has 2 aromatic rings. The summed E-state index contributed by atoms with van der Waals surface area (Å²) in [6.45, 7) is 5.96. The predicted octanol–water partition coefficient (Wildman–Crippen LogP) is 3.33. The molecule has 2 aliphatic heterocycles. The molecule has 1 amide bonds. The van der Waals surface area contributed by atoms with Gasteiger partial charge in [0.2, 0.25) is 0 Å². The number of hydrogen-bond acceptors (Lipinski definition) is 3. The lowest BCUT2D eigenvalue weighted by Crippen LogP contribution is -2.41. The average molecular weight is 326 g/mol. The second-order valence-corrected chi connectivity index (χ2v) is 7.88. The highest BCUT2D eigenvalue weighted by atomic mass is 32.1. The van der Waals surface area contributed by atoms with Gasteiger partial charge in [-0.25, -0.2) is 0 Å². The fourth-order valence-corrected chi connectivity index (χ4v) is 4.59. The van der Waals surface area contributed by atoms with Gasteiger partial charge in [0.1, 0.15) is 0 Å². The van der Waals surface area contributed by atoms with Crippen LogP contribution in [0.25, 0.3) is 0 Å². The van der Waals surface area contributed by atoms with Crippen LogP contribution in [0, 0.1) is 6.92 Å². The molecule has 4 rings (SSSR count). The molecule has 120 valence electrons. The van der Waals surface area contributed by atoms with Gasteiger partial charge in [-0.3, -0.25) is 9.69 Å². The summed E-state index contributed by atoms with van der Waals surface area (Å²) < 4.78 is 0. The topological polar surface area (TPSA) is 23.6 Å². The Labute approximate surface area is 141 Å². The van der Waals surface area contributed by atoms with E-state index in [2.05, 4.69) is 36.1 Å². The van der Waals surface area contributed by atoms with E-state index in [1.165, 1.54) is 16.0 Å². The quantitative estimate of drug-likeness (QED) is 0.845. The summed E-state index contributed by atoms with van der Waals surface area (Å²) >= 11 is 1.61. The molecule has 0 saturated carbocycles. The highest BCUT2D eigenvalue weighted by Gasteiger charge is 2.32. The Bertz CT molecular complexity index is 724. The normalized spacial score (nSPS) is 21.4. The monoisotopic (exact) mass is 326 g/mol. The molecule has 1 aromatic carbocycles. The average Bonchev–Trinajstić information content (AvgIpc) is 3.23. The van der Waals surface area contributed by atoms with Crippen molar-refractivity contribution in [1.29, 1.82) is 0 Å². The maximum absolute atomic E-state index is 12.6. The zero-order valence-electron chi connectivity index (χ0n) is 13.5. The van der Waals surface area contributed by atoms with Crippen molar-refractivity contribution in [1.82, 2.24) is 9.80 Å². The van der Waals surface area contributed by atoms with E-state index in [0.717, 1.165) is 43.9 Å². The lowest BCUT2D eigenvalue weighted by molar-refractivity contribution is 0.0778. The summed E-state index contributed by atoms with van der Waals surface area (Å²) in [5.41, 5.74) is 2.95. The van der Waals surface area contributed by atoms with Crippen LogP contribution in [0.1, 0.15) is 32.1 Å². The zero-order valence-corrected chi connectivity index (χ0v) is 14.3. The van der Waals surface area contributed by atoms with Gasteiger partial charge in [0.05, 0.1) is 4.88 Å². The minimum atomic E-state index is 0.211. The summed E-state index contributed by atoms with van der Waals surface area (Å²) in [6.07, 6.45) is 2.23. The Morgan fingerprint density at radius 1 is 1.13 bits per heavy atom.